The van der Waals surface area contributed by atoms with E-state index in [-0.39, 0.29) is 17.7 Å². The minimum absolute atomic E-state index is 0.115. The summed E-state index contributed by atoms with van der Waals surface area (Å²) in [5.41, 5.74) is 6.94. The van der Waals surface area contributed by atoms with Crippen LogP contribution >= 0.6 is 0 Å². The lowest BCUT2D eigenvalue weighted by molar-refractivity contribution is 0.102. The molecule has 0 aliphatic rings. The molecule has 1 heterocycles. The van der Waals surface area contributed by atoms with Gasteiger partial charge in [-0.1, -0.05) is 0 Å². The van der Waals surface area contributed by atoms with E-state index in [2.05, 4.69) is 10.3 Å². The average molecular weight is 271 g/mol. The second kappa shape index (κ2) is 6.06. The van der Waals surface area contributed by atoms with Gasteiger partial charge in [0, 0.05) is 11.9 Å². The summed E-state index contributed by atoms with van der Waals surface area (Å²) < 4.78 is 5.53. The van der Waals surface area contributed by atoms with Crippen LogP contribution in [0.4, 0.5) is 11.4 Å². The number of anilines is 2. The van der Waals surface area contributed by atoms with Gasteiger partial charge in [-0.15, -0.1) is 0 Å². The summed E-state index contributed by atoms with van der Waals surface area (Å²) in [5, 5.41) is 2.74. The van der Waals surface area contributed by atoms with Crippen molar-refractivity contribution in [2.24, 2.45) is 0 Å². The summed E-state index contributed by atoms with van der Waals surface area (Å²) in [6, 6.07) is 10.5. The fourth-order valence-corrected chi connectivity index (χ4v) is 1.69. The molecule has 5 nitrogen and oxygen atoms in total. The van der Waals surface area contributed by atoms with Crippen molar-refractivity contribution in [1.82, 2.24) is 4.98 Å². The highest BCUT2D eigenvalue weighted by Crippen LogP contribution is 2.18. The summed E-state index contributed by atoms with van der Waals surface area (Å²) in [4.78, 5) is 16.0. The van der Waals surface area contributed by atoms with E-state index in [0.29, 0.717) is 11.4 Å². The molecule has 0 spiro atoms. The molecule has 2 aromatic rings. The summed E-state index contributed by atoms with van der Waals surface area (Å²) in [6.07, 6.45) is 1.65. The number of nitrogen functional groups attached to an aromatic ring is 1. The van der Waals surface area contributed by atoms with Crippen molar-refractivity contribution in [2.45, 2.75) is 20.0 Å². The fourth-order valence-electron chi connectivity index (χ4n) is 1.69. The smallest absolute Gasteiger partial charge is 0.276 e. The van der Waals surface area contributed by atoms with Gasteiger partial charge in [-0.2, -0.15) is 0 Å². The van der Waals surface area contributed by atoms with Gasteiger partial charge in [-0.05, 0) is 50.2 Å². The minimum atomic E-state index is -0.333. The van der Waals surface area contributed by atoms with E-state index in [1.165, 1.54) is 6.20 Å². The fraction of sp³-hybridized carbons (Fsp3) is 0.200. The molecule has 0 saturated carbocycles. The maximum Gasteiger partial charge on any atom is 0.276 e. The number of hydrogen-bond donors (Lipinski definition) is 2. The van der Waals surface area contributed by atoms with Crippen molar-refractivity contribution in [3.8, 4) is 5.75 Å². The quantitative estimate of drug-likeness (QED) is 0.896. The molecule has 2 rings (SSSR count). The van der Waals surface area contributed by atoms with E-state index in [9.17, 15) is 4.79 Å². The van der Waals surface area contributed by atoms with E-state index >= 15 is 0 Å². The number of carbonyl (C=O) groups is 1. The van der Waals surface area contributed by atoms with E-state index in [0.717, 1.165) is 5.75 Å². The Balaban J connectivity index is 2.07. The molecule has 0 bridgehead atoms. The molecule has 104 valence electrons. The molecule has 0 atom stereocenters. The van der Waals surface area contributed by atoms with Crippen molar-refractivity contribution >= 4 is 17.3 Å². The molecule has 0 unspecified atom stereocenters. The van der Waals surface area contributed by atoms with Crippen LogP contribution in [0.2, 0.25) is 0 Å². The zero-order chi connectivity index (χ0) is 14.5. The van der Waals surface area contributed by atoms with Gasteiger partial charge in [0.2, 0.25) is 0 Å². The predicted octanol–water partition coefficient (Wildman–Crippen LogP) is 2.70. The third kappa shape index (κ3) is 3.47. The molecule has 1 aromatic heterocycles. The second-order valence-electron chi connectivity index (χ2n) is 4.59. The first-order valence-electron chi connectivity index (χ1n) is 6.35. The van der Waals surface area contributed by atoms with Gasteiger partial charge in [0.1, 0.15) is 5.75 Å². The Morgan fingerprint density at radius 3 is 2.55 bits per heavy atom. The maximum absolute atomic E-state index is 12.0. The number of pyridine rings is 1. The predicted molar refractivity (Wildman–Crippen MR) is 78.8 cm³/mol. The molecular formula is C15H17N3O2. The molecule has 20 heavy (non-hydrogen) atoms. The molecule has 1 aromatic carbocycles. The summed E-state index contributed by atoms with van der Waals surface area (Å²) >= 11 is 0. The number of nitrogens with two attached hydrogens (primary N) is 1. The Morgan fingerprint density at radius 2 is 1.95 bits per heavy atom. The van der Waals surface area contributed by atoms with Crippen molar-refractivity contribution in [1.29, 1.82) is 0 Å². The van der Waals surface area contributed by atoms with Crippen LogP contribution in [0.25, 0.3) is 0 Å². The highest BCUT2D eigenvalue weighted by atomic mass is 16.5. The van der Waals surface area contributed by atoms with Gasteiger partial charge in [0.05, 0.1) is 11.8 Å². The Morgan fingerprint density at radius 1 is 1.25 bits per heavy atom. The van der Waals surface area contributed by atoms with Crippen molar-refractivity contribution in [3.63, 3.8) is 0 Å². The number of hydrogen-bond acceptors (Lipinski definition) is 4. The number of carbonyl (C=O) groups excluding carboxylic acids is 1. The second-order valence-corrected chi connectivity index (χ2v) is 4.59. The summed E-state index contributed by atoms with van der Waals surface area (Å²) in [7, 11) is 0. The number of nitrogens with one attached hydrogen (secondary N) is 1. The molecule has 0 aliphatic carbocycles. The zero-order valence-corrected chi connectivity index (χ0v) is 11.5. The first-order chi connectivity index (χ1) is 9.56. The lowest BCUT2D eigenvalue weighted by Gasteiger charge is -2.10. The molecule has 5 heteroatoms. The Bertz CT molecular complexity index is 594. The van der Waals surface area contributed by atoms with Crippen LogP contribution in [0, 0.1) is 0 Å². The lowest BCUT2D eigenvalue weighted by atomic mass is 10.2. The van der Waals surface area contributed by atoms with Crippen LogP contribution in [0.1, 0.15) is 24.3 Å². The Labute approximate surface area is 117 Å². The molecule has 0 radical (unpaired) electrons. The first kappa shape index (κ1) is 13.9. The van der Waals surface area contributed by atoms with E-state index in [4.69, 9.17) is 10.5 Å². The standard InChI is InChI=1S/C15H17N3O2/c1-10(2)20-12-7-5-11(6-8-12)18-15(19)14-13(16)4-3-9-17-14/h3-10H,16H2,1-2H3,(H,18,19). The van der Waals surface area contributed by atoms with Crippen LogP contribution in [0.5, 0.6) is 5.75 Å². The molecule has 0 aliphatic heterocycles. The molecule has 0 fully saturated rings. The van der Waals surface area contributed by atoms with Gasteiger partial charge in [-0.25, -0.2) is 4.98 Å². The Kier molecular flexibility index (Phi) is 4.20. The van der Waals surface area contributed by atoms with E-state index < -0.39 is 0 Å². The third-order valence-electron chi connectivity index (χ3n) is 2.54. The van der Waals surface area contributed by atoms with Gasteiger partial charge in [0.15, 0.2) is 5.69 Å². The van der Waals surface area contributed by atoms with Crippen LogP contribution in [-0.4, -0.2) is 17.0 Å². The van der Waals surface area contributed by atoms with Crippen LogP contribution < -0.4 is 15.8 Å². The van der Waals surface area contributed by atoms with Crippen molar-refractivity contribution < 1.29 is 9.53 Å². The van der Waals surface area contributed by atoms with Crippen LogP contribution in [-0.2, 0) is 0 Å². The normalized spacial score (nSPS) is 10.3. The van der Waals surface area contributed by atoms with Crippen molar-refractivity contribution in [2.75, 3.05) is 11.1 Å². The number of aromatic nitrogens is 1. The van der Waals surface area contributed by atoms with E-state index in [1.807, 2.05) is 13.8 Å². The molecule has 0 saturated heterocycles. The third-order valence-corrected chi connectivity index (χ3v) is 2.54. The largest absolute Gasteiger partial charge is 0.491 e. The van der Waals surface area contributed by atoms with Crippen LogP contribution in [0.3, 0.4) is 0 Å². The minimum Gasteiger partial charge on any atom is -0.491 e. The maximum atomic E-state index is 12.0. The van der Waals surface area contributed by atoms with Gasteiger partial charge in [0.25, 0.3) is 5.91 Å². The monoisotopic (exact) mass is 271 g/mol. The highest BCUT2D eigenvalue weighted by Gasteiger charge is 2.10. The number of nitrogens with zero attached hydrogens (tertiary/aromatic N) is 1. The molecular weight excluding hydrogens is 254 g/mol. The molecule has 1 amide bonds. The average Bonchev–Trinajstić information content (AvgIpc) is 2.41. The van der Waals surface area contributed by atoms with Gasteiger partial charge in [-0.3, -0.25) is 4.79 Å². The topological polar surface area (TPSA) is 77.2 Å². The Hall–Kier alpha value is -2.56. The number of rotatable bonds is 4. The number of amides is 1. The van der Waals surface area contributed by atoms with Crippen LogP contribution in [0.15, 0.2) is 42.6 Å². The summed E-state index contributed by atoms with van der Waals surface area (Å²) in [5.74, 6) is 0.427. The first-order valence-corrected chi connectivity index (χ1v) is 6.35. The van der Waals surface area contributed by atoms with Gasteiger partial charge >= 0.3 is 0 Å². The number of benzene rings is 1. The highest BCUT2D eigenvalue weighted by molar-refractivity contribution is 6.06. The lowest BCUT2D eigenvalue weighted by Crippen LogP contribution is -2.15. The molecule has 3 N–H and O–H groups in total. The van der Waals surface area contributed by atoms with Crippen molar-refractivity contribution in [3.05, 3.63) is 48.3 Å². The van der Waals surface area contributed by atoms with E-state index in [1.54, 1.807) is 36.4 Å². The van der Waals surface area contributed by atoms with Gasteiger partial charge < -0.3 is 15.8 Å². The number of ether oxygens (including phenoxy) is 1. The SMILES string of the molecule is CC(C)Oc1ccc(NC(=O)c2ncccc2N)cc1. The summed E-state index contributed by atoms with van der Waals surface area (Å²) in [6.45, 7) is 3.92. The zero-order valence-electron chi connectivity index (χ0n) is 11.5.